The Bertz CT molecular complexity index is 695. The Morgan fingerprint density at radius 2 is 1.52 bits per heavy atom. The van der Waals surface area contributed by atoms with Gasteiger partial charge < -0.3 is 20.0 Å². The van der Waals surface area contributed by atoms with Crippen LogP contribution in [0.3, 0.4) is 0 Å². The number of carbonyl (C=O) groups excluding carboxylic acids is 2. The highest BCUT2D eigenvalue weighted by molar-refractivity contribution is 7.91. The summed E-state index contributed by atoms with van der Waals surface area (Å²) in [5, 5.41) is 3.28. The zero-order valence-corrected chi connectivity index (χ0v) is 18.0. The van der Waals surface area contributed by atoms with Gasteiger partial charge in [0.05, 0.1) is 30.1 Å². The number of nitrogens with zero attached hydrogens (tertiary/aromatic N) is 3. The molecule has 156 valence electrons. The molecule has 4 fully saturated rings. The van der Waals surface area contributed by atoms with Crippen LogP contribution in [0.4, 0.5) is 0 Å². The van der Waals surface area contributed by atoms with Crippen LogP contribution in [0.15, 0.2) is 0 Å². The van der Waals surface area contributed by atoms with Crippen LogP contribution < -0.4 is 5.32 Å². The van der Waals surface area contributed by atoms with E-state index in [0.717, 1.165) is 13.1 Å². The zero-order valence-electron chi connectivity index (χ0n) is 15.5. The normalized spacial score (nSPS) is 35.7. The van der Waals surface area contributed by atoms with Crippen LogP contribution in [-0.2, 0) is 19.4 Å². The van der Waals surface area contributed by atoms with Crippen molar-refractivity contribution in [2.45, 2.75) is 12.1 Å². The Balaban J connectivity index is 0.00000131. The van der Waals surface area contributed by atoms with Gasteiger partial charge in [-0.1, -0.05) is 0 Å². The van der Waals surface area contributed by atoms with Gasteiger partial charge in [0.2, 0.25) is 11.8 Å². The first-order valence-corrected chi connectivity index (χ1v) is 10.8. The molecule has 27 heavy (non-hydrogen) atoms. The Kier molecular flexibility index (Phi) is 6.74. The standard InChI is InChI=1S/C16H26N4O4S.2ClH/c1-18(2)7-14(21)19-3-4-20(13-9-25(23,24)8-12(13)19)16(22)15-10-5-17-6-11(10)15;;/h10-13,15,17H,3-9H2,1-2H3;2*1H/t10-,11+,12-,13+,15?;;/m1../s1. The van der Waals surface area contributed by atoms with Gasteiger partial charge in [0, 0.05) is 19.0 Å². The lowest BCUT2D eigenvalue weighted by atomic mass is 10.0. The molecule has 3 aliphatic heterocycles. The fourth-order valence-corrected chi connectivity index (χ4v) is 6.85. The number of nitrogens with one attached hydrogen (secondary N) is 1. The molecule has 3 saturated heterocycles. The van der Waals surface area contributed by atoms with Crippen molar-refractivity contribution in [3.05, 3.63) is 0 Å². The largest absolute Gasteiger partial charge is 0.335 e. The predicted octanol–water partition coefficient (Wildman–Crippen LogP) is -1.31. The fourth-order valence-electron chi connectivity index (χ4n) is 4.87. The molecular formula is C16H28Cl2N4O4S. The van der Waals surface area contributed by atoms with E-state index in [1.165, 1.54) is 0 Å². The van der Waals surface area contributed by atoms with Crippen molar-refractivity contribution in [2.24, 2.45) is 17.8 Å². The van der Waals surface area contributed by atoms with Crippen molar-refractivity contribution in [2.75, 3.05) is 58.3 Å². The maximum atomic E-state index is 13.0. The van der Waals surface area contributed by atoms with Crippen molar-refractivity contribution in [3.8, 4) is 0 Å². The third-order valence-electron chi connectivity index (χ3n) is 6.11. The minimum Gasteiger partial charge on any atom is -0.335 e. The lowest BCUT2D eigenvalue weighted by Gasteiger charge is -2.44. The van der Waals surface area contributed by atoms with Crippen molar-refractivity contribution in [3.63, 3.8) is 0 Å². The number of carbonyl (C=O) groups is 2. The molecule has 1 aliphatic carbocycles. The molecule has 4 rings (SSSR count). The maximum absolute atomic E-state index is 13.0. The van der Waals surface area contributed by atoms with E-state index in [0.29, 0.717) is 24.9 Å². The second kappa shape index (κ2) is 8.02. The molecule has 8 nitrogen and oxygen atoms in total. The minimum absolute atomic E-state index is 0. The number of halogens is 2. The van der Waals surface area contributed by atoms with Gasteiger partial charge in [-0.3, -0.25) is 9.59 Å². The summed E-state index contributed by atoms with van der Waals surface area (Å²) in [6.45, 7) is 2.90. The SMILES string of the molecule is CN(C)CC(=O)N1CCN(C(=O)C2[C@H]3CNC[C@@H]23)[C@H]2CS(=O)(=O)C[C@H]21.Cl.Cl. The van der Waals surface area contributed by atoms with E-state index in [2.05, 4.69) is 5.32 Å². The molecule has 1 N–H and O–H groups in total. The van der Waals surface area contributed by atoms with Crippen molar-refractivity contribution >= 4 is 46.5 Å². The zero-order chi connectivity index (χ0) is 17.9. The third kappa shape index (κ3) is 4.07. The van der Waals surface area contributed by atoms with Crippen LogP contribution in [0, 0.1) is 17.8 Å². The van der Waals surface area contributed by atoms with Gasteiger partial charge in [0.15, 0.2) is 9.84 Å². The van der Waals surface area contributed by atoms with Crippen LogP contribution in [0.2, 0.25) is 0 Å². The summed E-state index contributed by atoms with van der Waals surface area (Å²) < 4.78 is 24.5. The number of hydrogen-bond acceptors (Lipinski definition) is 6. The van der Waals surface area contributed by atoms with Gasteiger partial charge in [0.25, 0.3) is 0 Å². The number of piperidine rings is 1. The van der Waals surface area contributed by atoms with Gasteiger partial charge in [-0.2, -0.15) is 0 Å². The van der Waals surface area contributed by atoms with Gasteiger partial charge in [-0.05, 0) is 39.0 Å². The molecule has 5 atom stereocenters. The molecular weight excluding hydrogens is 415 g/mol. The summed E-state index contributed by atoms with van der Waals surface area (Å²) in [6.07, 6.45) is 0. The van der Waals surface area contributed by atoms with E-state index in [1.54, 1.807) is 14.7 Å². The first kappa shape index (κ1) is 22.7. The number of rotatable bonds is 3. The van der Waals surface area contributed by atoms with Crippen LogP contribution in [0.25, 0.3) is 0 Å². The second-order valence-electron chi connectivity index (χ2n) is 8.08. The van der Waals surface area contributed by atoms with E-state index in [-0.39, 0.29) is 66.6 Å². The van der Waals surface area contributed by atoms with Crippen molar-refractivity contribution in [1.82, 2.24) is 20.0 Å². The highest BCUT2D eigenvalue weighted by atomic mass is 35.5. The molecule has 4 aliphatic rings. The van der Waals surface area contributed by atoms with Gasteiger partial charge in [0.1, 0.15) is 0 Å². The third-order valence-corrected chi connectivity index (χ3v) is 7.81. The number of hydrogen-bond donors (Lipinski definition) is 1. The number of fused-ring (bicyclic) bond motifs is 2. The minimum atomic E-state index is -3.23. The Hall–Kier alpha value is -0.610. The predicted molar refractivity (Wildman–Crippen MR) is 106 cm³/mol. The van der Waals surface area contributed by atoms with E-state index in [4.69, 9.17) is 0 Å². The monoisotopic (exact) mass is 442 g/mol. The average molecular weight is 443 g/mol. The summed E-state index contributed by atoms with van der Waals surface area (Å²) in [6, 6.07) is -0.779. The Morgan fingerprint density at radius 1 is 1.00 bits per heavy atom. The van der Waals surface area contributed by atoms with E-state index in [1.807, 2.05) is 14.1 Å². The topological polar surface area (TPSA) is 90.0 Å². The molecule has 1 unspecified atom stereocenters. The first-order chi connectivity index (χ1) is 11.8. The summed E-state index contributed by atoms with van der Waals surface area (Å²) in [7, 11) is 0.412. The van der Waals surface area contributed by atoms with Crippen LogP contribution in [0.1, 0.15) is 0 Å². The van der Waals surface area contributed by atoms with E-state index in [9.17, 15) is 18.0 Å². The second-order valence-corrected chi connectivity index (χ2v) is 10.2. The molecule has 11 heteroatoms. The molecule has 3 heterocycles. The highest BCUT2D eigenvalue weighted by Gasteiger charge is 2.60. The molecule has 0 aromatic heterocycles. The van der Waals surface area contributed by atoms with E-state index < -0.39 is 15.9 Å². The van der Waals surface area contributed by atoms with Crippen molar-refractivity contribution in [1.29, 1.82) is 0 Å². The fraction of sp³-hybridized carbons (Fsp3) is 0.875. The number of piperazine rings is 1. The molecule has 0 aromatic carbocycles. The van der Waals surface area contributed by atoms with Gasteiger partial charge in [-0.25, -0.2) is 8.42 Å². The molecule has 0 aromatic rings. The van der Waals surface area contributed by atoms with Crippen LogP contribution in [0.5, 0.6) is 0 Å². The summed E-state index contributed by atoms with van der Waals surface area (Å²) in [5.41, 5.74) is 0. The van der Waals surface area contributed by atoms with Crippen LogP contribution in [-0.4, -0.2) is 105 Å². The van der Waals surface area contributed by atoms with Crippen molar-refractivity contribution < 1.29 is 18.0 Å². The first-order valence-electron chi connectivity index (χ1n) is 8.94. The highest BCUT2D eigenvalue weighted by Crippen LogP contribution is 2.50. The quantitative estimate of drug-likeness (QED) is 0.583. The Morgan fingerprint density at radius 3 is 2.07 bits per heavy atom. The number of likely N-dealkylation sites (N-methyl/N-ethyl adjacent to an activating group) is 1. The smallest absolute Gasteiger partial charge is 0.237 e. The van der Waals surface area contributed by atoms with Gasteiger partial charge >= 0.3 is 0 Å². The lowest BCUT2D eigenvalue weighted by molar-refractivity contribution is -0.147. The molecule has 0 spiro atoms. The Labute approximate surface area is 172 Å². The average Bonchev–Trinajstić information content (AvgIpc) is 2.85. The number of sulfone groups is 1. The number of amides is 2. The summed E-state index contributed by atoms with van der Waals surface area (Å²) in [4.78, 5) is 30.7. The van der Waals surface area contributed by atoms with Crippen LogP contribution >= 0.6 is 24.8 Å². The lowest BCUT2D eigenvalue weighted by Crippen LogP contribution is -2.63. The molecule has 0 radical (unpaired) electrons. The maximum Gasteiger partial charge on any atom is 0.237 e. The molecule has 1 saturated carbocycles. The molecule has 0 bridgehead atoms. The van der Waals surface area contributed by atoms with Gasteiger partial charge in [-0.15, -0.1) is 24.8 Å². The van der Waals surface area contributed by atoms with E-state index >= 15 is 0 Å². The summed E-state index contributed by atoms with van der Waals surface area (Å²) >= 11 is 0. The molecule has 2 amide bonds. The summed E-state index contributed by atoms with van der Waals surface area (Å²) in [5.74, 6) is 0.874.